The fourth-order valence-electron chi connectivity index (χ4n) is 2.52. The van der Waals surface area contributed by atoms with E-state index in [9.17, 15) is 4.79 Å². The molecular weight excluding hydrogens is 302 g/mol. The summed E-state index contributed by atoms with van der Waals surface area (Å²) in [7, 11) is 1.50. The van der Waals surface area contributed by atoms with Crippen LogP contribution >= 0.6 is 0 Å². The molecule has 2 aromatic carbocycles. The van der Waals surface area contributed by atoms with Gasteiger partial charge in [-0.25, -0.2) is 0 Å². The van der Waals surface area contributed by atoms with E-state index in [2.05, 4.69) is 0 Å². The first-order chi connectivity index (χ1) is 11.4. The molecule has 0 aliphatic heterocycles. The third-order valence-corrected chi connectivity index (χ3v) is 4.07. The molecule has 0 bridgehead atoms. The molecule has 1 atom stereocenters. The second kappa shape index (κ2) is 7.18. The number of ether oxygens (including phenoxy) is 2. The summed E-state index contributed by atoms with van der Waals surface area (Å²) in [6, 6.07) is 10.8. The Balaban J connectivity index is 2.27. The van der Waals surface area contributed by atoms with Crippen LogP contribution in [-0.2, 0) is 0 Å². The van der Waals surface area contributed by atoms with E-state index in [1.807, 2.05) is 39.0 Å². The van der Waals surface area contributed by atoms with Crippen molar-refractivity contribution in [1.82, 2.24) is 0 Å². The molecule has 4 heteroatoms. The van der Waals surface area contributed by atoms with Crippen LogP contribution in [-0.4, -0.2) is 19.0 Å². The monoisotopic (exact) mass is 323 g/mol. The van der Waals surface area contributed by atoms with E-state index < -0.39 is 6.10 Å². The molecule has 1 unspecified atom stereocenters. The van der Waals surface area contributed by atoms with Crippen LogP contribution in [0, 0.1) is 32.1 Å². The van der Waals surface area contributed by atoms with Gasteiger partial charge in [0.05, 0.1) is 18.7 Å². The van der Waals surface area contributed by atoms with Crippen LogP contribution < -0.4 is 9.47 Å². The molecule has 0 heterocycles. The van der Waals surface area contributed by atoms with Gasteiger partial charge in [-0.2, -0.15) is 5.26 Å². The summed E-state index contributed by atoms with van der Waals surface area (Å²) in [5, 5.41) is 8.95. The lowest BCUT2D eigenvalue weighted by atomic mass is 9.96. The zero-order valence-electron chi connectivity index (χ0n) is 14.6. The minimum absolute atomic E-state index is 0.0815. The Hall–Kier alpha value is -2.80. The van der Waals surface area contributed by atoms with E-state index in [0.29, 0.717) is 22.6 Å². The van der Waals surface area contributed by atoms with Gasteiger partial charge in [-0.1, -0.05) is 6.07 Å². The first-order valence-electron chi connectivity index (χ1n) is 7.74. The standard InChI is InChI=1S/C20H21NO3/c1-12-8-14(3)17(9-13(12)2)20(22)15(4)24-18-7-6-16(11-21)10-19(18)23-5/h6-10,15H,1-5H3. The van der Waals surface area contributed by atoms with Crippen molar-refractivity contribution < 1.29 is 14.3 Å². The maximum Gasteiger partial charge on any atom is 0.203 e. The lowest BCUT2D eigenvalue weighted by Crippen LogP contribution is -2.25. The molecule has 0 aliphatic rings. The van der Waals surface area contributed by atoms with Gasteiger partial charge in [-0.05, 0) is 62.6 Å². The molecule has 0 aliphatic carbocycles. The van der Waals surface area contributed by atoms with E-state index >= 15 is 0 Å². The maximum atomic E-state index is 12.7. The summed E-state index contributed by atoms with van der Waals surface area (Å²) >= 11 is 0. The number of benzene rings is 2. The fraction of sp³-hybridized carbons (Fsp3) is 0.300. The smallest absolute Gasteiger partial charge is 0.203 e. The number of rotatable bonds is 5. The lowest BCUT2D eigenvalue weighted by Gasteiger charge is -2.18. The molecule has 0 fully saturated rings. The average Bonchev–Trinajstić information content (AvgIpc) is 2.57. The van der Waals surface area contributed by atoms with E-state index in [1.165, 1.54) is 7.11 Å². The summed E-state index contributed by atoms with van der Waals surface area (Å²) in [5.41, 5.74) is 4.31. The van der Waals surface area contributed by atoms with E-state index in [0.717, 1.165) is 16.7 Å². The van der Waals surface area contributed by atoms with Crippen molar-refractivity contribution in [3.05, 3.63) is 58.1 Å². The highest BCUT2D eigenvalue weighted by Crippen LogP contribution is 2.29. The number of carbonyl (C=O) groups excluding carboxylic acids is 1. The molecular formula is C20H21NO3. The zero-order chi connectivity index (χ0) is 17.9. The number of aryl methyl sites for hydroxylation is 3. The minimum atomic E-state index is -0.660. The Labute approximate surface area is 142 Å². The van der Waals surface area contributed by atoms with Gasteiger partial charge in [-0.3, -0.25) is 4.79 Å². The predicted molar refractivity (Wildman–Crippen MR) is 92.8 cm³/mol. The molecule has 4 nitrogen and oxygen atoms in total. The summed E-state index contributed by atoms with van der Waals surface area (Å²) in [4.78, 5) is 12.7. The van der Waals surface area contributed by atoms with Crippen LogP contribution in [0.25, 0.3) is 0 Å². The van der Waals surface area contributed by atoms with Crippen LogP contribution in [0.15, 0.2) is 30.3 Å². The van der Waals surface area contributed by atoms with Crippen LogP contribution in [0.4, 0.5) is 0 Å². The molecule has 0 N–H and O–H groups in total. The van der Waals surface area contributed by atoms with E-state index in [-0.39, 0.29) is 5.78 Å². The fourth-order valence-corrected chi connectivity index (χ4v) is 2.52. The van der Waals surface area contributed by atoms with Crippen molar-refractivity contribution in [2.75, 3.05) is 7.11 Å². The van der Waals surface area contributed by atoms with Gasteiger partial charge in [-0.15, -0.1) is 0 Å². The second-order valence-electron chi connectivity index (χ2n) is 5.85. The van der Waals surface area contributed by atoms with Gasteiger partial charge in [0.15, 0.2) is 17.6 Å². The van der Waals surface area contributed by atoms with Crippen molar-refractivity contribution >= 4 is 5.78 Å². The quantitative estimate of drug-likeness (QED) is 0.776. The number of carbonyl (C=O) groups is 1. The van der Waals surface area contributed by atoms with E-state index in [4.69, 9.17) is 14.7 Å². The van der Waals surface area contributed by atoms with Crippen molar-refractivity contribution in [2.45, 2.75) is 33.8 Å². The van der Waals surface area contributed by atoms with Gasteiger partial charge >= 0.3 is 0 Å². The van der Waals surface area contributed by atoms with Gasteiger partial charge in [0.1, 0.15) is 0 Å². The molecule has 2 rings (SSSR count). The zero-order valence-corrected chi connectivity index (χ0v) is 14.6. The molecule has 0 aromatic heterocycles. The van der Waals surface area contributed by atoms with Crippen molar-refractivity contribution in [3.8, 4) is 17.6 Å². The van der Waals surface area contributed by atoms with Crippen LogP contribution in [0.2, 0.25) is 0 Å². The van der Waals surface area contributed by atoms with Crippen LogP contribution in [0.3, 0.4) is 0 Å². The van der Waals surface area contributed by atoms with Gasteiger partial charge in [0.2, 0.25) is 5.78 Å². The number of hydrogen-bond acceptors (Lipinski definition) is 4. The highest BCUT2D eigenvalue weighted by atomic mass is 16.5. The first-order valence-corrected chi connectivity index (χ1v) is 7.74. The molecule has 0 amide bonds. The number of Topliss-reactive ketones (excluding diaryl/α,β-unsaturated/α-hetero) is 1. The topological polar surface area (TPSA) is 59.3 Å². The molecule has 0 saturated carbocycles. The number of nitrogens with zero attached hydrogens (tertiary/aromatic N) is 1. The van der Waals surface area contributed by atoms with Crippen molar-refractivity contribution in [3.63, 3.8) is 0 Å². The Morgan fingerprint density at radius 1 is 1.04 bits per heavy atom. The van der Waals surface area contributed by atoms with Crippen molar-refractivity contribution in [1.29, 1.82) is 5.26 Å². The number of hydrogen-bond donors (Lipinski definition) is 0. The second-order valence-corrected chi connectivity index (χ2v) is 5.85. The molecule has 124 valence electrons. The molecule has 0 saturated heterocycles. The SMILES string of the molecule is COc1cc(C#N)ccc1OC(C)C(=O)c1cc(C)c(C)cc1C. The normalized spacial score (nSPS) is 11.5. The molecule has 0 radical (unpaired) electrons. The first kappa shape index (κ1) is 17.6. The van der Waals surface area contributed by atoms with Crippen LogP contribution in [0.1, 0.15) is 39.5 Å². The number of nitriles is 1. The Morgan fingerprint density at radius 2 is 1.71 bits per heavy atom. The maximum absolute atomic E-state index is 12.7. The van der Waals surface area contributed by atoms with E-state index in [1.54, 1.807) is 25.1 Å². The summed E-state index contributed by atoms with van der Waals surface area (Å²) < 4.78 is 11.0. The molecule has 0 spiro atoms. The third kappa shape index (κ3) is 3.57. The van der Waals surface area contributed by atoms with Crippen molar-refractivity contribution in [2.24, 2.45) is 0 Å². The Kier molecular flexibility index (Phi) is 5.25. The Morgan fingerprint density at radius 3 is 2.33 bits per heavy atom. The van der Waals surface area contributed by atoms with Gasteiger partial charge < -0.3 is 9.47 Å². The summed E-state index contributed by atoms with van der Waals surface area (Å²) in [5.74, 6) is 0.798. The molecule has 2 aromatic rings. The third-order valence-electron chi connectivity index (χ3n) is 4.07. The average molecular weight is 323 g/mol. The van der Waals surface area contributed by atoms with Gasteiger partial charge in [0, 0.05) is 11.6 Å². The summed E-state index contributed by atoms with van der Waals surface area (Å²) in [6.07, 6.45) is -0.660. The summed E-state index contributed by atoms with van der Waals surface area (Å²) in [6.45, 7) is 7.65. The highest BCUT2D eigenvalue weighted by molar-refractivity contribution is 6.01. The predicted octanol–water partition coefficient (Wildman–Crippen LogP) is 4.14. The number of methoxy groups -OCH3 is 1. The minimum Gasteiger partial charge on any atom is -0.493 e. The largest absolute Gasteiger partial charge is 0.493 e. The lowest BCUT2D eigenvalue weighted by molar-refractivity contribution is 0.0813. The highest BCUT2D eigenvalue weighted by Gasteiger charge is 2.21. The Bertz CT molecular complexity index is 818. The van der Waals surface area contributed by atoms with Crippen LogP contribution in [0.5, 0.6) is 11.5 Å². The van der Waals surface area contributed by atoms with Gasteiger partial charge in [0.25, 0.3) is 0 Å². The molecule has 24 heavy (non-hydrogen) atoms. The number of ketones is 1.